The van der Waals surface area contributed by atoms with Gasteiger partial charge in [-0.05, 0) is 37.3 Å². The molecule has 1 aliphatic rings. The first-order valence-corrected chi connectivity index (χ1v) is 6.15. The average molecular weight is 248 g/mol. The molecule has 0 N–H and O–H groups in total. The van der Waals surface area contributed by atoms with Crippen LogP contribution >= 0.6 is 11.8 Å². The highest BCUT2D eigenvalue weighted by Gasteiger charge is 2.33. The van der Waals surface area contributed by atoms with E-state index in [9.17, 15) is 13.2 Å². The van der Waals surface area contributed by atoms with Gasteiger partial charge in [-0.25, -0.2) is 0 Å². The summed E-state index contributed by atoms with van der Waals surface area (Å²) in [6.07, 6.45) is -0.473. The molecule has 1 aromatic carbocycles. The summed E-state index contributed by atoms with van der Waals surface area (Å²) in [5.74, 6) is 0.528. The topological polar surface area (TPSA) is 9.23 Å². The van der Waals surface area contributed by atoms with Gasteiger partial charge in [-0.15, -0.1) is 11.8 Å². The van der Waals surface area contributed by atoms with Crippen LogP contribution in [0.25, 0.3) is 0 Å². The van der Waals surface area contributed by atoms with E-state index in [1.165, 1.54) is 12.1 Å². The van der Waals surface area contributed by atoms with Gasteiger partial charge in [-0.2, -0.15) is 13.2 Å². The van der Waals surface area contributed by atoms with Crippen molar-refractivity contribution in [1.29, 1.82) is 0 Å². The number of ether oxygens (including phenoxy) is 1. The molecule has 0 amide bonds. The van der Waals surface area contributed by atoms with Gasteiger partial charge >= 0.3 is 6.18 Å². The highest BCUT2D eigenvalue weighted by atomic mass is 32.2. The molecule has 1 aliphatic carbocycles. The molecular formula is C11H11F3OS. The molecular weight excluding hydrogens is 237 g/mol. The predicted octanol–water partition coefficient (Wildman–Crippen LogP) is 3.97. The molecule has 5 heteroatoms. The summed E-state index contributed by atoms with van der Waals surface area (Å²) in [7, 11) is 0. The lowest BCUT2D eigenvalue weighted by Gasteiger charge is -2.13. The SMILES string of the molecule is CSc1cc(OC2CC2)ccc1C(F)(F)F. The van der Waals surface area contributed by atoms with Crippen LogP contribution in [-0.4, -0.2) is 12.4 Å². The Morgan fingerprint density at radius 3 is 2.50 bits per heavy atom. The molecule has 1 aromatic rings. The van der Waals surface area contributed by atoms with E-state index >= 15 is 0 Å². The Morgan fingerprint density at radius 1 is 1.31 bits per heavy atom. The lowest BCUT2D eigenvalue weighted by Crippen LogP contribution is -2.07. The number of hydrogen-bond acceptors (Lipinski definition) is 2. The zero-order valence-electron chi connectivity index (χ0n) is 8.67. The molecule has 2 rings (SSSR count). The fourth-order valence-corrected chi connectivity index (χ4v) is 2.00. The fourth-order valence-electron chi connectivity index (χ4n) is 1.36. The fraction of sp³-hybridized carbons (Fsp3) is 0.455. The minimum atomic E-state index is -4.30. The molecule has 1 nitrogen and oxygen atoms in total. The Bertz CT molecular complexity index is 385. The molecule has 0 bridgehead atoms. The van der Waals surface area contributed by atoms with Crippen molar-refractivity contribution in [2.45, 2.75) is 30.0 Å². The number of alkyl halides is 3. The molecule has 0 unspecified atom stereocenters. The van der Waals surface area contributed by atoms with Crippen LogP contribution in [0.1, 0.15) is 18.4 Å². The van der Waals surface area contributed by atoms with Crippen LogP contribution in [-0.2, 0) is 6.18 Å². The van der Waals surface area contributed by atoms with Crippen molar-refractivity contribution in [1.82, 2.24) is 0 Å². The van der Waals surface area contributed by atoms with Gasteiger partial charge in [0.05, 0.1) is 11.7 Å². The minimum absolute atomic E-state index is 0.200. The third-order valence-electron chi connectivity index (χ3n) is 2.31. The summed E-state index contributed by atoms with van der Waals surface area (Å²) in [5, 5.41) is 0. The zero-order chi connectivity index (χ0) is 11.8. The quantitative estimate of drug-likeness (QED) is 0.748. The van der Waals surface area contributed by atoms with Crippen LogP contribution in [0.3, 0.4) is 0 Å². The van der Waals surface area contributed by atoms with Gasteiger partial charge in [-0.3, -0.25) is 0 Å². The van der Waals surface area contributed by atoms with Crippen LogP contribution in [0.5, 0.6) is 5.75 Å². The summed E-state index contributed by atoms with van der Waals surface area (Å²) in [6, 6.07) is 3.94. The van der Waals surface area contributed by atoms with Crippen molar-refractivity contribution in [3.8, 4) is 5.75 Å². The Kier molecular flexibility index (Phi) is 3.06. The highest BCUT2D eigenvalue weighted by molar-refractivity contribution is 7.98. The van der Waals surface area contributed by atoms with Gasteiger partial charge < -0.3 is 4.74 Å². The van der Waals surface area contributed by atoms with E-state index in [0.717, 1.165) is 30.7 Å². The molecule has 0 aliphatic heterocycles. The van der Waals surface area contributed by atoms with Crippen LogP contribution in [0.15, 0.2) is 23.1 Å². The van der Waals surface area contributed by atoms with Gasteiger partial charge in [0.25, 0.3) is 0 Å². The van der Waals surface area contributed by atoms with E-state index < -0.39 is 11.7 Å². The van der Waals surface area contributed by atoms with E-state index in [4.69, 9.17) is 4.74 Å². The maximum Gasteiger partial charge on any atom is 0.417 e. The molecule has 0 heterocycles. The van der Waals surface area contributed by atoms with E-state index in [-0.39, 0.29) is 11.0 Å². The predicted molar refractivity (Wildman–Crippen MR) is 56.9 cm³/mol. The largest absolute Gasteiger partial charge is 0.490 e. The van der Waals surface area contributed by atoms with Crippen molar-refractivity contribution in [2.24, 2.45) is 0 Å². The second-order valence-corrected chi connectivity index (χ2v) is 4.53. The molecule has 0 saturated heterocycles. The number of benzene rings is 1. The first-order chi connectivity index (χ1) is 7.50. The second-order valence-electron chi connectivity index (χ2n) is 3.68. The van der Waals surface area contributed by atoms with Crippen LogP contribution < -0.4 is 4.74 Å². The third-order valence-corrected chi connectivity index (χ3v) is 3.08. The summed E-state index contributed by atoms with van der Waals surface area (Å²) in [5.41, 5.74) is -0.594. The van der Waals surface area contributed by atoms with Gasteiger partial charge in [0, 0.05) is 4.90 Å². The lowest BCUT2D eigenvalue weighted by atomic mass is 10.2. The van der Waals surface area contributed by atoms with Gasteiger partial charge in [-0.1, -0.05) is 0 Å². The van der Waals surface area contributed by atoms with E-state index in [2.05, 4.69) is 0 Å². The van der Waals surface area contributed by atoms with Crippen molar-refractivity contribution in [2.75, 3.05) is 6.26 Å². The zero-order valence-corrected chi connectivity index (χ0v) is 9.49. The number of hydrogen-bond donors (Lipinski definition) is 0. The van der Waals surface area contributed by atoms with Gasteiger partial charge in [0.15, 0.2) is 0 Å². The minimum Gasteiger partial charge on any atom is -0.490 e. The highest BCUT2D eigenvalue weighted by Crippen LogP contribution is 2.38. The molecule has 0 radical (unpaired) electrons. The number of halogens is 3. The molecule has 16 heavy (non-hydrogen) atoms. The summed E-state index contributed by atoms with van der Waals surface area (Å²) in [6.45, 7) is 0. The maximum absolute atomic E-state index is 12.6. The smallest absolute Gasteiger partial charge is 0.417 e. The third kappa shape index (κ3) is 2.64. The lowest BCUT2D eigenvalue weighted by molar-refractivity contribution is -0.139. The second kappa shape index (κ2) is 4.20. The van der Waals surface area contributed by atoms with Gasteiger partial charge in [0.1, 0.15) is 5.75 Å². The van der Waals surface area contributed by atoms with Crippen molar-refractivity contribution in [3.05, 3.63) is 23.8 Å². The molecule has 0 aromatic heterocycles. The summed E-state index contributed by atoms with van der Waals surface area (Å²) < 4.78 is 43.2. The normalized spacial score (nSPS) is 16.2. The number of rotatable bonds is 3. The Hall–Kier alpha value is -0.840. The average Bonchev–Trinajstić information content (AvgIpc) is 3.00. The molecule has 88 valence electrons. The van der Waals surface area contributed by atoms with E-state index in [1.54, 1.807) is 6.26 Å². The van der Waals surface area contributed by atoms with Crippen LogP contribution in [0, 0.1) is 0 Å². The monoisotopic (exact) mass is 248 g/mol. The van der Waals surface area contributed by atoms with Crippen LogP contribution in [0.2, 0.25) is 0 Å². The summed E-state index contributed by atoms with van der Waals surface area (Å²) >= 11 is 1.08. The number of thioether (sulfide) groups is 1. The van der Waals surface area contributed by atoms with E-state index in [1.807, 2.05) is 0 Å². The maximum atomic E-state index is 12.6. The van der Waals surface area contributed by atoms with Crippen molar-refractivity contribution in [3.63, 3.8) is 0 Å². The Morgan fingerprint density at radius 2 is 2.00 bits per heavy atom. The molecule has 0 spiro atoms. The first kappa shape index (κ1) is 11.6. The van der Waals surface area contributed by atoms with Crippen molar-refractivity contribution >= 4 is 11.8 Å². The first-order valence-electron chi connectivity index (χ1n) is 4.92. The molecule has 0 atom stereocenters. The molecule has 1 saturated carbocycles. The van der Waals surface area contributed by atoms with Crippen LogP contribution in [0.4, 0.5) is 13.2 Å². The standard InChI is InChI=1S/C11H11F3OS/c1-16-10-6-8(15-7-2-3-7)4-5-9(10)11(12,13)14/h4-7H,2-3H2,1H3. The van der Waals surface area contributed by atoms with Crippen molar-refractivity contribution < 1.29 is 17.9 Å². The summed E-state index contributed by atoms with van der Waals surface area (Å²) in [4.78, 5) is 0.214. The van der Waals surface area contributed by atoms with Gasteiger partial charge in [0.2, 0.25) is 0 Å². The molecule has 1 fully saturated rings. The Balaban J connectivity index is 2.26. The Labute approximate surface area is 96.0 Å². The van der Waals surface area contributed by atoms with E-state index in [0.29, 0.717) is 5.75 Å².